The molecule has 0 bridgehead atoms. The van der Waals surface area contributed by atoms with Gasteiger partial charge in [0.1, 0.15) is 5.75 Å². The molecule has 1 aliphatic heterocycles. The Hall–Kier alpha value is -1.92. The van der Waals surface area contributed by atoms with Gasteiger partial charge in [0, 0.05) is 37.7 Å². The molecule has 1 heterocycles. The van der Waals surface area contributed by atoms with Gasteiger partial charge in [-0.3, -0.25) is 4.79 Å². The highest BCUT2D eigenvalue weighted by Gasteiger charge is 2.17. The van der Waals surface area contributed by atoms with Gasteiger partial charge in [0.15, 0.2) is 6.61 Å². The van der Waals surface area contributed by atoms with Gasteiger partial charge in [0.05, 0.1) is 4.47 Å². The van der Waals surface area contributed by atoms with E-state index >= 15 is 0 Å². The van der Waals surface area contributed by atoms with Crippen molar-refractivity contribution < 1.29 is 9.53 Å². The van der Waals surface area contributed by atoms with Crippen LogP contribution in [0.2, 0.25) is 0 Å². The molecule has 5 nitrogen and oxygen atoms in total. The van der Waals surface area contributed by atoms with Crippen molar-refractivity contribution in [1.29, 1.82) is 0 Å². The summed E-state index contributed by atoms with van der Waals surface area (Å²) in [5.74, 6) is 0.403. The summed E-state index contributed by atoms with van der Waals surface area (Å²) in [7, 11) is 0. The fourth-order valence-electron chi connectivity index (χ4n) is 3.05. The van der Waals surface area contributed by atoms with Gasteiger partial charge < -0.3 is 9.64 Å². The third-order valence-corrected chi connectivity index (χ3v) is 5.45. The number of nitrogens with zero attached hydrogens (tertiary/aromatic N) is 2. The molecule has 1 saturated heterocycles. The van der Waals surface area contributed by atoms with Crippen LogP contribution >= 0.6 is 15.9 Å². The van der Waals surface area contributed by atoms with Crippen LogP contribution in [-0.2, 0) is 4.79 Å². The number of carbonyl (C=O) groups is 1. The van der Waals surface area contributed by atoms with Gasteiger partial charge in [-0.2, -0.15) is 5.10 Å². The Balaban J connectivity index is 1.52. The maximum absolute atomic E-state index is 12.0. The summed E-state index contributed by atoms with van der Waals surface area (Å²) < 4.78 is 6.52. The Morgan fingerprint density at radius 1 is 1.23 bits per heavy atom. The maximum Gasteiger partial charge on any atom is 0.277 e. The van der Waals surface area contributed by atoms with Crippen molar-refractivity contribution >= 4 is 38.3 Å². The minimum absolute atomic E-state index is 0.0637. The van der Waals surface area contributed by atoms with Crippen molar-refractivity contribution in [1.82, 2.24) is 10.3 Å². The van der Waals surface area contributed by atoms with Crippen molar-refractivity contribution in [2.75, 3.05) is 19.7 Å². The number of likely N-dealkylation sites (tertiary alicyclic amines) is 1. The lowest BCUT2D eigenvalue weighted by Gasteiger charge is -2.30. The molecule has 1 aliphatic rings. The first-order valence-electron chi connectivity index (χ1n) is 8.93. The minimum Gasteiger partial charge on any atom is -0.483 e. The zero-order valence-corrected chi connectivity index (χ0v) is 16.8. The van der Waals surface area contributed by atoms with Gasteiger partial charge in [0.2, 0.25) is 0 Å². The van der Waals surface area contributed by atoms with Crippen molar-refractivity contribution in [3.63, 3.8) is 0 Å². The molecular formula is C20H24BrN3O2. The van der Waals surface area contributed by atoms with Gasteiger partial charge in [-0.1, -0.05) is 30.3 Å². The Bertz CT molecular complexity index is 810. The standard InChI is InChI=1S/C20H24BrN3O2/c1-14(2)24-11-9-16(10-12-24)22-23-19(25)13-26-18-8-7-15-5-3-4-6-17(15)20(18)21/h3-8,14H,9-13H2,1-2H3,(H,23,25). The predicted molar refractivity (Wildman–Crippen MR) is 109 cm³/mol. The van der Waals surface area contributed by atoms with Crippen LogP contribution in [0.3, 0.4) is 0 Å². The van der Waals surface area contributed by atoms with E-state index in [1.807, 2.05) is 36.4 Å². The third kappa shape index (κ3) is 4.62. The molecule has 6 heteroatoms. The van der Waals surface area contributed by atoms with Crippen LogP contribution in [0.15, 0.2) is 46.0 Å². The van der Waals surface area contributed by atoms with Gasteiger partial charge in [-0.15, -0.1) is 0 Å². The first kappa shape index (κ1) is 18.9. The number of hydrogen-bond donors (Lipinski definition) is 1. The number of rotatable bonds is 5. The Labute approximate surface area is 162 Å². The maximum atomic E-state index is 12.0. The summed E-state index contributed by atoms with van der Waals surface area (Å²) in [6, 6.07) is 12.4. The number of amides is 1. The second-order valence-corrected chi connectivity index (χ2v) is 7.52. The fraction of sp³-hybridized carbons (Fsp3) is 0.400. The summed E-state index contributed by atoms with van der Waals surface area (Å²) in [5.41, 5.74) is 3.66. The van der Waals surface area contributed by atoms with Crippen molar-refractivity contribution in [2.24, 2.45) is 5.10 Å². The normalized spacial score (nSPS) is 15.3. The van der Waals surface area contributed by atoms with Gasteiger partial charge >= 0.3 is 0 Å². The molecule has 26 heavy (non-hydrogen) atoms. The van der Waals surface area contributed by atoms with E-state index in [4.69, 9.17) is 4.74 Å². The van der Waals surface area contributed by atoms with Gasteiger partial charge in [-0.05, 0) is 46.6 Å². The second-order valence-electron chi connectivity index (χ2n) is 6.73. The zero-order valence-electron chi connectivity index (χ0n) is 15.2. The number of piperidine rings is 1. The molecule has 0 radical (unpaired) electrons. The van der Waals surface area contributed by atoms with Crippen molar-refractivity contribution in [3.05, 3.63) is 40.9 Å². The summed E-state index contributed by atoms with van der Waals surface area (Å²) >= 11 is 3.56. The molecule has 2 aromatic rings. The van der Waals surface area contributed by atoms with Crippen LogP contribution in [0.25, 0.3) is 10.8 Å². The van der Waals surface area contributed by atoms with Gasteiger partial charge in [0.25, 0.3) is 5.91 Å². The fourth-order valence-corrected chi connectivity index (χ4v) is 3.66. The molecular weight excluding hydrogens is 394 g/mol. The van der Waals surface area contributed by atoms with Crippen LogP contribution in [0.1, 0.15) is 26.7 Å². The lowest BCUT2D eigenvalue weighted by molar-refractivity contribution is -0.123. The number of carbonyl (C=O) groups excluding carboxylic acids is 1. The molecule has 2 aromatic carbocycles. The number of benzene rings is 2. The second kappa shape index (κ2) is 8.64. The molecule has 0 aliphatic carbocycles. The van der Waals surface area contributed by atoms with E-state index in [9.17, 15) is 4.79 Å². The Morgan fingerprint density at radius 2 is 1.96 bits per heavy atom. The Morgan fingerprint density at radius 3 is 2.69 bits per heavy atom. The summed E-state index contributed by atoms with van der Waals surface area (Å²) in [5, 5.41) is 6.44. The highest BCUT2D eigenvalue weighted by molar-refractivity contribution is 9.10. The molecule has 0 aromatic heterocycles. The van der Waals surface area contributed by atoms with Crippen LogP contribution in [-0.4, -0.2) is 42.3 Å². The first-order chi connectivity index (χ1) is 12.5. The number of ether oxygens (including phenoxy) is 1. The number of hydrazone groups is 1. The van der Waals surface area contributed by atoms with E-state index in [1.54, 1.807) is 0 Å². The van der Waals surface area contributed by atoms with Crippen LogP contribution in [0.5, 0.6) is 5.75 Å². The monoisotopic (exact) mass is 417 g/mol. The van der Waals surface area contributed by atoms with E-state index in [2.05, 4.69) is 45.2 Å². The predicted octanol–water partition coefficient (Wildman–Crippen LogP) is 3.96. The smallest absolute Gasteiger partial charge is 0.277 e. The van der Waals surface area contributed by atoms with Crippen LogP contribution in [0, 0.1) is 0 Å². The molecule has 0 atom stereocenters. The van der Waals surface area contributed by atoms with E-state index < -0.39 is 0 Å². The number of halogens is 1. The lowest BCUT2D eigenvalue weighted by Crippen LogP contribution is -2.39. The van der Waals surface area contributed by atoms with Gasteiger partial charge in [-0.25, -0.2) is 5.43 Å². The quantitative estimate of drug-likeness (QED) is 0.748. The summed E-state index contributed by atoms with van der Waals surface area (Å²) in [6.07, 6.45) is 1.80. The molecule has 0 saturated carbocycles. The summed E-state index contributed by atoms with van der Waals surface area (Å²) in [4.78, 5) is 14.5. The van der Waals surface area contributed by atoms with Crippen LogP contribution < -0.4 is 10.2 Å². The minimum atomic E-state index is -0.246. The average Bonchev–Trinajstić information content (AvgIpc) is 2.66. The van der Waals surface area contributed by atoms with Crippen molar-refractivity contribution in [2.45, 2.75) is 32.7 Å². The summed E-state index contributed by atoms with van der Waals surface area (Å²) in [6.45, 7) is 6.32. The van der Waals surface area contributed by atoms with Crippen molar-refractivity contribution in [3.8, 4) is 5.75 Å². The molecule has 3 rings (SSSR count). The third-order valence-electron chi connectivity index (χ3n) is 4.63. The van der Waals surface area contributed by atoms with E-state index in [0.29, 0.717) is 11.8 Å². The molecule has 0 unspecified atom stereocenters. The van der Waals surface area contributed by atoms with E-state index in [0.717, 1.165) is 46.9 Å². The highest BCUT2D eigenvalue weighted by Crippen LogP contribution is 2.32. The van der Waals surface area contributed by atoms with E-state index in [-0.39, 0.29) is 12.5 Å². The van der Waals surface area contributed by atoms with E-state index in [1.165, 1.54) is 0 Å². The SMILES string of the molecule is CC(C)N1CCC(=NNC(=O)COc2ccc3ccccc3c2Br)CC1. The zero-order chi connectivity index (χ0) is 18.5. The molecule has 138 valence electrons. The topological polar surface area (TPSA) is 53.9 Å². The first-order valence-corrected chi connectivity index (χ1v) is 9.72. The molecule has 1 N–H and O–H groups in total. The van der Waals surface area contributed by atoms with Crippen LogP contribution in [0.4, 0.5) is 0 Å². The molecule has 0 spiro atoms. The Kier molecular flexibility index (Phi) is 6.27. The molecule has 1 amide bonds. The lowest BCUT2D eigenvalue weighted by atomic mass is 10.1. The largest absolute Gasteiger partial charge is 0.483 e. The average molecular weight is 418 g/mol. The number of nitrogens with one attached hydrogen (secondary N) is 1. The highest BCUT2D eigenvalue weighted by atomic mass is 79.9. The number of fused-ring (bicyclic) bond motifs is 1. The number of hydrogen-bond acceptors (Lipinski definition) is 4. The molecule has 1 fully saturated rings.